The number of aromatic nitrogens is 4. The molecule has 1 aliphatic rings. The number of halogens is 1. The number of thioether (sulfide) groups is 1. The third-order valence-electron chi connectivity index (χ3n) is 3.23. The van der Waals surface area contributed by atoms with Crippen molar-refractivity contribution < 1.29 is 8.94 Å². The Morgan fingerprint density at radius 1 is 1.18 bits per heavy atom. The van der Waals surface area contributed by atoms with Crippen molar-refractivity contribution in [1.82, 2.24) is 20.3 Å². The minimum atomic E-state index is 0.464. The van der Waals surface area contributed by atoms with E-state index < -0.39 is 0 Å². The molecule has 0 spiro atoms. The van der Waals surface area contributed by atoms with Gasteiger partial charge >= 0.3 is 0 Å². The van der Waals surface area contributed by atoms with Crippen LogP contribution in [0.15, 0.2) is 38.4 Å². The molecule has 0 bridgehead atoms. The third kappa shape index (κ3) is 3.00. The SMILES string of the molecule is Clc1ccc(-c2nnc(SCc3noc(C4CC4)n3)o2)cc1. The summed E-state index contributed by atoms with van der Waals surface area (Å²) in [7, 11) is 0. The molecular weight excluding hydrogens is 324 g/mol. The highest BCUT2D eigenvalue weighted by atomic mass is 35.5. The van der Waals surface area contributed by atoms with Crippen LogP contribution in [-0.2, 0) is 5.75 Å². The van der Waals surface area contributed by atoms with Crippen LogP contribution in [-0.4, -0.2) is 20.3 Å². The average molecular weight is 335 g/mol. The number of hydrogen-bond acceptors (Lipinski definition) is 7. The van der Waals surface area contributed by atoms with E-state index in [0.29, 0.717) is 33.6 Å². The summed E-state index contributed by atoms with van der Waals surface area (Å²) in [5.74, 6) is 2.86. The number of hydrogen-bond donors (Lipinski definition) is 0. The Hall–Kier alpha value is -1.86. The first-order chi connectivity index (χ1) is 10.8. The van der Waals surface area contributed by atoms with Gasteiger partial charge in [-0.1, -0.05) is 28.5 Å². The van der Waals surface area contributed by atoms with Crippen LogP contribution in [0.4, 0.5) is 0 Å². The van der Waals surface area contributed by atoms with E-state index in [1.807, 2.05) is 12.1 Å². The summed E-state index contributed by atoms with van der Waals surface area (Å²) in [6.07, 6.45) is 2.28. The van der Waals surface area contributed by atoms with E-state index in [0.717, 1.165) is 24.3 Å². The molecule has 22 heavy (non-hydrogen) atoms. The Balaban J connectivity index is 1.41. The monoisotopic (exact) mass is 334 g/mol. The van der Waals surface area contributed by atoms with Crippen LogP contribution in [0, 0.1) is 0 Å². The summed E-state index contributed by atoms with van der Waals surface area (Å²) in [5.41, 5.74) is 0.833. The molecular formula is C14H11ClN4O2S. The fraction of sp³-hybridized carbons (Fsp3) is 0.286. The van der Waals surface area contributed by atoms with E-state index in [1.165, 1.54) is 11.8 Å². The second-order valence-electron chi connectivity index (χ2n) is 4.99. The lowest BCUT2D eigenvalue weighted by Gasteiger charge is -1.94. The quantitative estimate of drug-likeness (QED) is 0.654. The average Bonchev–Trinajstić information content (AvgIpc) is 3.09. The van der Waals surface area contributed by atoms with E-state index in [4.69, 9.17) is 20.5 Å². The van der Waals surface area contributed by atoms with E-state index in [-0.39, 0.29) is 0 Å². The topological polar surface area (TPSA) is 77.8 Å². The zero-order valence-corrected chi connectivity index (χ0v) is 13.0. The van der Waals surface area contributed by atoms with Crippen molar-refractivity contribution in [1.29, 1.82) is 0 Å². The molecule has 0 atom stereocenters. The fourth-order valence-electron chi connectivity index (χ4n) is 1.93. The van der Waals surface area contributed by atoms with E-state index in [1.54, 1.807) is 12.1 Å². The van der Waals surface area contributed by atoms with Crippen molar-refractivity contribution in [2.75, 3.05) is 0 Å². The highest BCUT2D eigenvalue weighted by molar-refractivity contribution is 7.98. The lowest BCUT2D eigenvalue weighted by Crippen LogP contribution is -1.85. The van der Waals surface area contributed by atoms with Crippen molar-refractivity contribution in [3.05, 3.63) is 41.0 Å². The Kier molecular flexibility index (Phi) is 3.59. The van der Waals surface area contributed by atoms with Crippen LogP contribution in [0.5, 0.6) is 0 Å². The van der Waals surface area contributed by atoms with Crippen molar-refractivity contribution >= 4 is 23.4 Å². The molecule has 6 nitrogen and oxygen atoms in total. The van der Waals surface area contributed by atoms with Gasteiger partial charge in [0, 0.05) is 16.5 Å². The summed E-state index contributed by atoms with van der Waals surface area (Å²) >= 11 is 7.24. The molecule has 1 fully saturated rings. The van der Waals surface area contributed by atoms with Crippen LogP contribution >= 0.6 is 23.4 Å². The van der Waals surface area contributed by atoms with Gasteiger partial charge in [-0.2, -0.15) is 4.98 Å². The van der Waals surface area contributed by atoms with E-state index >= 15 is 0 Å². The van der Waals surface area contributed by atoms with Crippen molar-refractivity contribution in [2.24, 2.45) is 0 Å². The summed E-state index contributed by atoms with van der Waals surface area (Å²) in [6.45, 7) is 0. The standard InChI is InChI=1S/C14H11ClN4O2S/c15-10-5-3-9(4-6-10)13-17-18-14(20-13)22-7-11-16-12(21-19-11)8-1-2-8/h3-6,8H,1-2,7H2. The molecule has 0 amide bonds. The molecule has 0 N–H and O–H groups in total. The van der Waals surface area contributed by atoms with Gasteiger partial charge in [-0.05, 0) is 37.1 Å². The molecule has 3 aromatic rings. The molecule has 2 heterocycles. The molecule has 112 valence electrons. The first-order valence-electron chi connectivity index (χ1n) is 6.82. The largest absolute Gasteiger partial charge is 0.411 e. The van der Waals surface area contributed by atoms with Crippen LogP contribution in [0.2, 0.25) is 5.02 Å². The third-order valence-corrected chi connectivity index (χ3v) is 4.30. The summed E-state index contributed by atoms with van der Waals surface area (Å²) < 4.78 is 10.8. The van der Waals surface area contributed by atoms with Gasteiger partial charge in [-0.15, -0.1) is 10.2 Å². The predicted molar refractivity (Wildman–Crippen MR) is 80.6 cm³/mol. The summed E-state index contributed by atoms with van der Waals surface area (Å²) in [5, 5.41) is 13.1. The lowest BCUT2D eigenvalue weighted by molar-refractivity contribution is 0.375. The maximum Gasteiger partial charge on any atom is 0.277 e. The van der Waals surface area contributed by atoms with Gasteiger partial charge < -0.3 is 8.94 Å². The second kappa shape index (κ2) is 5.73. The van der Waals surface area contributed by atoms with Gasteiger partial charge in [0.15, 0.2) is 5.82 Å². The molecule has 0 saturated heterocycles. The van der Waals surface area contributed by atoms with Gasteiger partial charge in [0.1, 0.15) is 0 Å². The number of nitrogens with zero attached hydrogens (tertiary/aromatic N) is 4. The number of benzene rings is 1. The zero-order valence-electron chi connectivity index (χ0n) is 11.4. The molecule has 4 rings (SSSR count). The normalized spacial score (nSPS) is 14.4. The maximum atomic E-state index is 5.86. The molecule has 1 aliphatic carbocycles. The van der Waals surface area contributed by atoms with E-state index in [2.05, 4.69) is 20.3 Å². The van der Waals surface area contributed by atoms with Crippen molar-refractivity contribution in [2.45, 2.75) is 29.7 Å². The molecule has 1 saturated carbocycles. The van der Waals surface area contributed by atoms with Crippen LogP contribution in [0.3, 0.4) is 0 Å². The highest BCUT2D eigenvalue weighted by Crippen LogP contribution is 2.39. The van der Waals surface area contributed by atoms with Crippen molar-refractivity contribution in [3.8, 4) is 11.5 Å². The molecule has 8 heteroatoms. The van der Waals surface area contributed by atoms with Crippen molar-refractivity contribution in [3.63, 3.8) is 0 Å². The smallest absolute Gasteiger partial charge is 0.277 e. The lowest BCUT2D eigenvalue weighted by atomic mass is 10.2. The maximum absolute atomic E-state index is 5.86. The zero-order chi connectivity index (χ0) is 14.9. The Morgan fingerprint density at radius 2 is 2.00 bits per heavy atom. The minimum absolute atomic E-state index is 0.464. The van der Waals surface area contributed by atoms with Crippen LogP contribution < -0.4 is 0 Å². The Bertz CT molecular complexity index is 782. The predicted octanol–water partition coefficient (Wildman–Crippen LogP) is 3.94. The summed E-state index contributed by atoms with van der Waals surface area (Å²) in [6, 6.07) is 7.25. The molecule has 0 radical (unpaired) electrons. The van der Waals surface area contributed by atoms with Crippen LogP contribution in [0.25, 0.3) is 11.5 Å². The van der Waals surface area contributed by atoms with Gasteiger partial charge in [0.2, 0.25) is 11.8 Å². The minimum Gasteiger partial charge on any atom is -0.411 e. The molecule has 1 aromatic carbocycles. The Morgan fingerprint density at radius 3 is 2.77 bits per heavy atom. The van der Waals surface area contributed by atoms with Crippen LogP contribution in [0.1, 0.15) is 30.5 Å². The molecule has 2 aromatic heterocycles. The first kappa shape index (κ1) is 13.8. The first-order valence-corrected chi connectivity index (χ1v) is 8.19. The molecule has 0 aliphatic heterocycles. The van der Waals surface area contributed by atoms with E-state index in [9.17, 15) is 0 Å². The number of rotatable bonds is 5. The van der Waals surface area contributed by atoms with Gasteiger partial charge in [-0.25, -0.2) is 0 Å². The highest BCUT2D eigenvalue weighted by Gasteiger charge is 2.29. The Labute approximate surface area is 135 Å². The van der Waals surface area contributed by atoms with Gasteiger partial charge in [0.05, 0.1) is 5.75 Å². The molecule has 0 unspecified atom stereocenters. The van der Waals surface area contributed by atoms with Gasteiger partial charge in [0.25, 0.3) is 5.22 Å². The second-order valence-corrected chi connectivity index (χ2v) is 6.35. The van der Waals surface area contributed by atoms with Gasteiger partial charge in [-0.3, -0.25) is 0 Å². The fourth-order valence-corrected chi connectivity index (χ4v) is 2.66. The summed E-state index contributed by atoms with van der Waals surface area (Å²) in [4.78, 5) is 4.36.